The van der Waals surface area contributed by atoms with Crippen molar-refractivity contribution < 1.29 is 37.1 Å². The van der Waals surface area contributed by atoms with Gasteiger partial charge in [0.25, 0.3) is 5.91 Å². The fraction of sp³-hybridized carbons (Fsp3) is 0.452. The van der Waals surface area contributed by atoms with E-state index in [1.165, 1.54) is 22.3 Å². The van der Waals surface area contributed by atoms with Gasteiger partial charge in [0.15, 0.2) is 0 Å². The summed E-state index contributed by atoms with van der Waals surface area (Å²) >= 11 is 1.53. The first-order valence-corrected chi connectivity index (χ1v) is 21.5. The predicted octanol–water partition coefficient (Wildman–Crippen LogP) is 6.07. The van der Waals surface area contributed by atoms with Gasteiger partial charge in [0, 0.05) is 34.1 Å². The van der Waals surface area contributed by atoms with Crippen molar-refractivity contribution in [2.45, 2.75) is 102 Å². The van der Waals surface area contributed by atoms with Gasteiger partial charge in [-0.2, -0.15) is 0 Å². The molecular weight excluding hydrogens is 767 g/mol. The lowest BCUT2D eigenvalue weighted by Crippen LogP contribution is -2.60. The van der Waals surface area contributed by atoms with Crippen LogP contribution in [-0.2, 0) is 29.1 Å². The predicted molar refractivity (Wildman–Crippen MR) is 219 cm³/mol. The Morgan fingerprint density at radius 3 is 2.33 bits per heavy atom. The molecule has 13 nitrogen and oxygen atoms in total. The third-order valence-electron chi connectivity index (χ3n) is 10.5. The van der Waals surface area contributed by atoms with Crippen LogP contribution in [0.3, 0.4) is 0 Å². The summed E-state index contributed by atoms with van der Waals surface area (Å²) in [4.78, 5) is 62.3. The molecule has 4 aromatic rings. The normalized spacial score (nSPS) is 22.8. The third-order valence-corrected chi connectivity index (χ3v) is 13.5. The van der Waals surface area contributed by atoms with Crippen molar-refractivity contribution in [3.63, 3.8) is 0 Å². The summed E-state index contributed by atoms with van der Waals surface area (Å²) in [5.41, 5.74) is -0.884. The molecule has 302 valence electrons. The number of rotatable bonds is 11. The quantitative estimate of drug-likeness (QED) is 0.152. The van der Waals surface area contributed by atoms with Crippen molar-refractivity contribution in [3.05, 3.63) is 73.3 Å². The first-order valence-electron chi connectivity index (χ1n) is 19.1. The molecule has 1 saturated heterocycles. The highest BCUT2D eigenvalue weighted by Gasteiger charge is 2.62. The average Bonchev–Trinajstić information content (AvgIpc) is 4.04. The minimum Gasteiger partial charge on any atom is -0.487 e. The number of likely N-dealkylation sites (tertiary alicyclic amines) is 1. The summed E-state index contributed by atoms with van der Waals surface area (Å²) < 4.78 is 41.9. The number of nitrogens with zero attached hydrogens (tertiary/aromatic N) is 2. The molecule has 2 aromatic heterocycles. The number of ether oxygens (including phenoxy) is 2. The Bertz CT molecular complexity index is 2360. The van der Waals surface area contributed by atoms with Gasteiger partial charge in [-0.3, -0.25) is 19.1 Å². The maximum atomic E-state index is 14.7. The van der Waals surface area contributed by atoms with Crippen molar-refractivity contribution >= 4 is 65.5 Å². The summed E-state index contributed by atoms with van der Waals surface area (Å²) in [5.74, 6) is -2.04. The SMILES string of the molecule is C=C[C@@H]1C[C@]1(NC(=O)[C@@H]1C[C@@H](Oc2cc(-c3ccccc3)nc3c2sc2ccccc23)CN1C(=O)[C@@H](NC(=O)OC(C)(C)C)C(C)(C)C)C(=O)NS(=O)(=O)C1CC1. The van der Waals surface area contributed by atoms with Gasteiger partial charge < -0.3 is 25.0 Å². The second-order valence-electron chi connectivity index (χ2n) is 17.3. The summed E-state index contributed by atoms with van der Waals surface area (Å²) in [5, 5.41) is 5.89. The molecule has 2 aliphatic carbocycles. The maximum Gasteiger partial charge on any atom is 0.408 e. The minimum absolute atomic E-state index is 0.0327. The highest BCUT2D eigenvalue weighted by Crippen LogP contribution is 2.46. The zero-order valence-electron chi connectivity index (χ0n) is 33.0. The van der Waals surface area contributed by atoms with E-state index >= 15 is 0 Å². The van der Waals surface area contributed by atoms with E-state index in [0.717, 1.165) is 25.9 Å². The largest absolute Gasteiger partial charge is 0.487 e. The first kappa shape index (κ1) is 40.2. The zero-order valence-corrected chi connectivity index (χ0v) is 34.6. The molecule has 0 spiro atoms. The molecule has 3 fully saturated rings. The number of benzene rings is 2. The molecule has 2 aromatic carbocycles. The van der Waals surface area contributed by atoms with Crippen LogP contribution in [0, 0.1) is 11.3 Å². The molecule has 0 unspecified atom stereocenters. The van der Waals surface area contributed by atoms with Gasteiger partial charge in [0.05, 0.1) is 27.7 Å². The van der Waals surface area contributed by atoms with Crippen LogP contribution in [-0.4, -0.2) is 83.2 Å². The number of aromatic nitrogens is 1. The Morgan fingerprint density at radius 1 is 1.02 bits per heavy atom. The van der Waals surface area contributed by atoms with Crippen LogP contribution in [0.15, 0.2) is 73.3 Å². The molecule has 5 atom stereocenters. The van der Waals surface area contributed by atoms with E-state index in [1.807, 2.05) is 60.7 Å². The Morgan fingerprint density at radius 2 is 1.70 bits per heavy atom. The Labute approximate surface area is 336 Å². The molecule has 2 saturated carbocycles. The number of pyridine rings is 1. The van der Waals surface area contributed by atoms with Crippen LogP contribution < -0.4 is 20.1 Å². The van der Waals surface area contributed by atoms with Crippen LogP contribution in [0.2, 0.25) is 0 Å². The van der Waals surface area contributed by atoms with Gasteiger partial charge in [-0.1, -0.05) is 75.4 Å². The van der Waals surface area contributed by atoms with E-state index in [9.17, 15) is 27.6 Å². The van der Waals surface area contributed by atoms with E-state index in [2.05, 4.69) is 21.9 Å². The van der Waals surface area contributed by atoms with Gasteiger partial charge in [0.2, 0.25) is 21.8 Å². The number of sulfonamides is 1. The molecule has 0 bridgehead atoms. The number of nitrogens with one attached hydrogen (secondary N) is 3. The molecule has 3 N–H and O–H groups in total. The smallest absolute Gasteiger partial charge is 0.408 e. The number of hydrogen-bond donors (Lipinski definition) is 3. The molecule has 0 radical (unpaired) electrons. The second-order valence-corrected chi connectivity index (χ2v) is 20.3. The monoisotopic (exact) mass is 815 g/mol. The van der Waals surface area contributed by atoms with Gasteiger partial charge in [0.1, 0.15) is 35.1 Å². The molecule has 7 rings (SSSR count). The van der Waals surface area contributed by atoms with Crippen LogP contribution in [0.1, 0.15) is 67.2 Å². The van der Waals surface area contributed by atoms with Gasteiger partial charge in [-0.25, -0.2) is 18.2 Å². The fourth-order valence-electron chi connectivity index (χ4n) is 7.31. The molecule has 4 amide bonds. The van der Waals surface area contributed by atoms with Crippen LogP contribution in [0.4, 0.5) is 4.79 Å². The summed E-state index contributed by atoms with van der Waals surface area (Å²) in [6, 6.07) is 17.2. The van der Waals surface area contributed by atoms with E-state index in [-0.39, 0.29) is 19.4 Å². The standard InChI is InChI=1S/C42H49N5O8S2/c1-8-25-22-42(25,38(50)46-57(52,53)27-18-19-27)45-36(48)30-20-26(23-47(30)37(49)35(40(2,3)4)44-39(51)55-41(5,6)7)54-31-21-29(24-14-10-9-11-15-24)43-33-28-16-12-13-17-32(28)56-34(31)33/h8-17,21,25-27,30,35H,1,18-20,22-23H2,2-7H3,(H,44,51)(H,45,48)(H,46,50)/t25-,26-,30+,35-,42-/m1/s1. The molecule has 3 heterocycles. The molecule has 1 aliphatic heterocycles. The lowest BCUT2D eigenvalue weighted by atomic mass is 9.85. The van der Waals surface area contributed by atoms with E-state index < -0.39 is 79.7 Å². The third kappa shape index (κ3) is 8.36. The molecular formula is C42H49N5O8S2. The molecule has 57 heavy (non-hydrogen) atoms. The number of carbonyl (C=O) groups is 4. The maximum absolute atomic E-state index is 14.7. The van der Waals surface area contributed by atoms with E-state index in [1.54, 1.807) is 41.5 Å². The van der Waals surface area contributed by atoms with Gasteiger partial charge in [-0.05, 0) is 51.5 Å². The van der Waals surface area contributed by atoms with Crippen molar-refractivity contribution in [1.82, 2.24) is 25.2 Å². The van der Waals surface area contributed by atoms with E-state index in [0.29, 0.717) is 24.3 Å². The Balaban J connectivity index is 1.24. The van der Waals surface area contributed by atoms with Crippen molar-refractivity contribution in [2.75, 3.05) is 6.54 Å². The van der Waals surface area contributed by atoms with Gasteiger partial charge >= 0.3 is 6.09 Å². The summed E-state index contributed by atoms with van der Waals surface area (Å²) in [7, 11) is -3.91. The lowest BCUT2D eigenvalue weighted by molar-refractivity contribution is -0.143. The summed E-state index contributed by atoms with van der Waals surface area (Å²) in [6.07, 6.45) is 1.10. The average molecular weight is 816 g/mol. The van der Waals surface area contributed by atoms with Crippen LogP contribution >= 0.6 is 11.3 Å². The first-order chi connectivity index (χ1) is 26.8. The van der Waals surface area contributed by atoms with Crippen LogP contribution in [0.5, 0.6) is 5.75 Å². The minimum atomic E-state index is -3.91. The number of thiophene rings is 1. The second kappa shape index (κ2) is 14.7. The fourth-order valence-corrected chi connectivity index (χ4v) is 9.78. The molecule has 15 heteroatoms. The molecule has 3 aliphatic rings. The number of hydrogen-bond acceptors (Lipinski definition) is 10. The summed E-state index contributed by atoms with van der Waals surface area (Å²) in [6.45, 7) is 14.3. The zero-order chi connectivity index (χ0) is 41.1. The van der Waals surface area contributed by atoms with E-state index in [4.69, 9.17) is 14.5 Å². The number of amides is 4. The van der Waals surface area contributed by atoms with Crippen molar-refractivity contribution in [1.29, 1.82) is 0 Å². The Kier molecular flexibility index (Phi) is 10.4. The topological polar surface area (TPSA) is 173 Å². The van der Waals surface area contributed by atoms with Crippen LogP contribution in [0.25, 0.3) is 31.6 Å². The highest BCUT2D eigenvalue weighted by molar-refractivity contribution is 7.91. The van der Waals surface area contributed by atoms with Gasteiger partial charge in [-0.15, -0.1) is 17.9 Å². The Hall–Kier alpha value is -5.02. The number of fused-ring (bicyclic) bond motifs is 3. The number of alkyl carbamates (subject to hydrolysis) is 1. The number of carbonyl (C=O) groups excluding carboxylic acids is 4. The van der Waals surface area contributed by atoms with Crippen molar-refractivity contribution in [3.8, 4) is 17.0 Å². The van der Waals surface area contributed by atoms with Crippen molar-refractivity contribution in [2.24, 2.45) is 11.3 Å². The lowest BCUT2D eigenvalue weighted by Gasteiger charge is -2.36. The highest BCUT2D eigenvalue weighted by atomic mass is 32.2.